The number of rotatable bonds is 6. The third-order valence-electron chi connectivity index (χ3n) is 4.16. The van der Waals surface area contributed by atoms with Crippen molar-refractivity contribution in [2.45, 2.75) is 45.8 Å². The summed E-state index contributed by atoms with van der Waals surface area (Å²) in [4.78, 5) is 4.42. The molecule has 0 aliphatic heterocycles. The van der Waals surface area contributed by atoms with Crippen molar-refractivity contribution in [2.75, 3.05) is 0 Å². The predicted octanol–water partition coefficient (Wildman–Crippen LogP) is 4.29. The van der Waals surface area contributed by atoms with Gasteiger partial charge < -0.3 is 9.15 Å². The second-order valence-electron chi connectivity index (χ2n) is 6.58. The summed E-state index contributed by atoms with van der Waals surface area (Å²) >= 11 is 3.59. The molecular weight excluding hydrogens is 372 g/mol. The number of ether oxygens (including phenoxy) is 1. The first kappa shape index (κ1) is 15.6. The molecule has 0 atom stereocenters. The van der Waals surface area contributed by atoms with Gasteiger partial charge >= 0.3 is 0 Å². The Balaban J connectivity index is 1.52. The predicted molar refractivity (Wildman–Crippen MR) is 92.9 cm³/mol. The maximum absolute atomic E-state index is 5.88. The maximum Gasteiger partial charge on any atom is 0.196 e. The smallest absolute Gasteiger partial charge is 0.196 e. The van der Waals surface area contributed by atoms with Crippen LogP contribution in [0.3, 0.4) is 0 Å². The standard InChI is InChI=1S/C17H19BrN4O2/c1-10(2)17-19-12(9-24-17)8-23-14-6-5-13-16(15(14)18)20-21-22(13)7-11-3-4-11/h5-6,9-11H,3-4,7-8H2,1-2H3. The number of aromatic nitrogens is 4. The highest BCUT2D eigenvalue weighted by atomic mass is 79.9. The van der Waals surface area contributed by atoms with Crippen LogP contribution in [0.2, 0.25) is 0 Å². The zero-order chi connectivity index (χ0) is 16.7. The monoisotopic (exact) mass is 390 g/mol. The van der Waals surface area contributed by atoms with Crippen LogP contribution in [0.15, 0.2) is 27.3 Å². The van der Waals surface area contributed by atoms with Crippen LogP contribution in [0.1, 0.15) is 44.2 Å². The number of hydrogen-bond donors (Lipinski definition) is 0. The summed E-state index contributed by atoms with van der Waals surface area (Å²) in [6, 6.07) is 3.96. The van der Waals surface area contributed by atoms with Crippen LogP contribution in [0.4, 0.5) is 0 Å². The molecule has 1 aliphatic carbocycles. The van der Waals surface area contributed by atoms with Crippen molar-refractivity contribution in [1.82, 2.24) is 20.0 Å². The lowest BCUT2D eigenvalue weighted by Gasteiger charge is -2.07. The normalized spacial score (nSPS) is 14.7. The topological polar surface area (TPSA) is 66.0 Å². The van der Waals surface area contributed by atoms with Gasteiger partial charge in [0.1, 0.15) is 29.8 Å². The van der Waals surface area contributed by atoms with E-state index in [0.29, 0.717) is 6.61 Å². The molecule has 0 unspecified atom stereocenters. The van der Waals surface area contributed by atoms with E-state index in [9.17, 15) is 0 Å². The second-order valence-corrected chi connectivity index (χ2v) is 7.37. The number of oxazole rings is 1. The fourth-order valence-corrected chi connectivity index (χ4v) is 3.11. The molecule has 1 saturated carbocycles. The minimum absolute atomic E-state index is 0.267. The molecule has 24 heavy (non-hydrogen) atoms. The molecule has 7 heteroatoms. The van der Waals surface area contributed by atoms with Crippen LogP contribution < -0.4 is 4.74 Å². The first-order valence-electron chi connectivity index (χ1n) is 8.20. The van der Waals surface area contributed by atoms with Gasteiger partial charge in [0.15, 0.2) is 5.89 Å². The molecule has 0 amide bonds. The Labute approximate surface area is 148 Å². The van der Waals surface area contributed by atoms with Crippen molar-refractivity contribution in [3.8, 4) is 5.75 Å². The van der Waals surface area contributed by atoms with Gasteiger partial charge in [0, 0.05) is 12.5 Å². The molecule has 3 aromatic rings. The van der Waals surface area contributed by atoms with E-state index in [1.807, 2.05) is 30.7 Å². The number of benzene rings is 1. The Morgan fingerprint density at radius 3 is 2.92 bits per heavy atom. The lowest BCUT2D eigenvalue weighted by molar-refractivity contribution is 0.299. The third-order valence-corrected chi connectivity index (χ3v) is 4.92. The van der Waals surface area contributed by atoms with E-state index in [1.54, 1.807) is 6.26 Å². The first-order chi connectivity index (χ1) is 11.6. The second kappa shape index (κ2) is 6.20. The summed E-state index contributed by atoms with van der Waals surface area (Å²) in [5.74, 6) is 2.48. The molecule has 2 aromatic heterocycles. The van der Waals surface area contributed by atoms with Gasteiger partial charge in [-0.15, -0.1) is 5.10 Å². The molecule has 1 fully saturated rings. The Hall–Kier alpha value is -1.89. The van der Waals surface area contributed by atoms with Gasteiger partial charge in [0.2, 0.25) is 0 Å². The highest BCUT2D eigenvalue weighted by Crippen LogP contribution is 2.35. The van der Waals surface area contributed by atoms with Gasteiger partial charge in [-0.2, -0.15) is 0 Å². The van der Waals surface area contributed by atoms with Gasteiger partial charge in [0.05, 0.1) is 9.99 Å². The van der Waals surface area contributed by atoms with Crippen LogP contribution in [-0.4, -0.2) is 20.0 Å². The van der Waals surface area contributed by atoms with Gasteiger partial charge in [-0.1, -0.05) is 19.1 Å². The average Bonchev–Trinajstić information content (AvgIpc) is 3.08. The average molecular weight is 391 g/mol. The molecule has 0 radical (unpaired) electrons. The van der Waals surface area contributed by atoms with Gasteiger partial charge in [-0.25, -0.2) is 9.67 Å². The van der Waals surface area contributed by atoms with E-state index >= 15 is 0 Å². The van der Waals surface area contributed by atoms with Crippen molar-refractivity contribution in [3.63, 3.8) is 0 Å². The van der Waals surface area contributed by atoms with E-state index in [0.717, 1.165) is 45.3 Å². The fourth-order valence-electron chi connectivity index (χ4n) is 2.58. The zero-order valence-electron chi connectivity index (χ0n) is 13.7. The molecule has 1 aliphatic rings. The van der Waals surface area contributed by atoms with Crippen molar-refractivity contribution in [2.24, 2.45) is 5.92 Å². The lowest BCUT2D eigenvalue weighted by Crippen LogP contribution is -2.01. The summed E-state index contributed by atoms with van der Waals surface area (Å²) in [5.41, 5.74) is 2.64. The largest absolute Gasteiger partial charge is 0.486 e. The lowest BCUT2D eigenvalue weighted by atomic mass is 10.2. The maximum atomic E-state index is 5.88. The Kier molecular flexibility index (Phi) is 4.04. The number of hydrogen-bond acceptors (Lipinski definition) is 5. The molecule has 0 spiro atoms. The van der Waals surface area contributed by atoms with E-state index in [1.165, 1.54) is 12.8 Å². The highest BCUT2D eigenvalue weighted by Gasteiger charge is 2.23. The number of nitrogens with zero attached hydrogens (tertiary/aromatic N) is 4. The van der Waals surface area contributed by atoms with E-state index in [-0.39, 0.29) is 5.92 Å². The van der Waals surface area contributed by atoms with Gasteiger partial charge in [-0.3, -0.25) is 0 Å². The molecule has 2 heterocycles. The van der Waals surface area contributed by atoms with Crippen molar-refractivity contribution >= 4 is 27.0 Å². The quantitative estimate of drug-likeness (QED) is 0.627. The van der Waals surface area contributed by atoms with Crippen LogP contribution in [0, 0.1) is 5.92 Å². The van der Waals surface area contributed by atoms with Gasteiger partial charge in [-0.05, 0) is 46.8 Å². The van der Waals surface area contributed by atoms with Gasteiger partial charge in [0.25, 0.3) is 0 Å². The van der Waals surface area contributed by atoms with Crippen LogP contribution in [0.5, 0.6) is 5.75 Å². The molecular formula is C17H19BrN4O2. The van der Waals surface area contributed by atoms with E-state index in [2.05, 4.69) is 31.2 Å². The number of fused-ring (bicyclic) bond motifs is 1. The Bertz CT molecular complexity index is 867. The summed E-state index contributed by atoms with van der Waals surface area (Å²) in [7, 11) is 0. The van der Waals surface area contributed by atoms with Crippen LogP contribution >= 0.6 is 15.9 Å². The minimum Gasteiger partial charge on any atom is -0.486 e. The molecule has 6 nitrogen and oxygen atoms in total. The van der Waals surface area contributed by atoms with Crippen LogP contribution in [0.25, 0.3) is 11.0 Å². The SMILES string of the molecule is CC(C)c1nc(COc2ccc3c(nnn3CC3CC3)c2Br)co1. The summed E-state index contributed by atoms with van der Waals surface area (Å²) in [6.07, 6.45) is 4.23. The molecule has 0 bridgehead atoms. The summed E-state index contributed by atoms with van der Waals surface area (Å²) < 4.78 is 14.1. The fraction of sp³-hybridized carbons (Fsp3) is 0.471. The molecule has 0 N–H and O–H groups in total. The third kappa shape index (κ3) is 3.05. The zero-order valence-corrected chi connectivity index (χ0v) is 15.3. The molecule has 0 saturated heterocycles. The molecule has 126 valence electrons. The Morgan fingerprint density at radius 1 is 1.38 bits per heavy atom. The first-order valence-corrected chi connectivity index (χ1v) is 9.00. The molecule has 4 rings (SSSR count). The van der Waals surface area contributed by atoms with Crippen molar-refractivity contribution in [1.29, 1.82) is 0 Å². The molecule has 1 aromatic carbocycles. The van der Waals surface area contributed by atoms with E-state index in [4.69, 9.17) is 9.15 Å². The Morgan fingerprint density at radius 2 is 2.21 bits per heavy atom. The van der Waals surface area contributed by atoms with E-state index < -0.39 is 0 Å². The summed E-state index contributed by atoms with van der Waals surface area (Å²) in [6.45, 7) is 5.40. The van der Waals surface area contributed by atoms with Crippen molar-refractivity contribution < 1.29 is 9.15 Å². The van der Waals surface area contributed by atoms with Crippen molar-refractivity contribution in [3.05, 3.63) is 34.5 Å². The van der Waals surface area contributed by atoms with Crippen LogP contribution in [-0.2, 0) is 13.2 Å². The highest BCUT2D eigenvalue weighted by molar-refractivity contribution is 9.10. The minimum atomic E-state index is 0.267. The number of halogens is 1. The summed E-state index contributed by atoms with van der Waals surface area (Å²) in [5, 5.41) is 8.57.